The third-order valence-electron chi connectivity index (χ3n) is 8.18. The Hall–Kier alpha value is -5.94. The molecule has 0 unspecified atom stereocenters. The Morgan fingerprint density at radius 3 is 1.93 bits per heavy atom. The minimum atomic E-state index is 0.551. The normalized spacial score (nSPS) is 11.7. The minimum Gasteiger partial charge on any atom is -0.454 e. The van der Waals surface area contributed by atoms with E-state index in [0.717, 1.165) is 54.6 Å². The molecule has 0 amide bonds. The number of benzene rings is 6. The molecule has 3 heterocycles. The van der Waals surface area contributed by atoms with Gasteiger partial charge in [0, 0.05) is 33.7 Å². The predicted molar refractivity (Wildman–Crippen MR) is 174 cm³/mol. The molecule has 0 aliphatic carbocycles. The molecule has 0 bridgehead atoms. The van der Waals surface area contributed by atoms with Crippen LogP contribution in [0.5, 0.6) is 0 Å². The Labute approximate surface area is 246 Å². The van der Waals surface area contributed by atoms with Gasteiger partial charge >= 0.3 is 0 Å². The number of pyridine rings is 1. The summed E-state index contributed by atoms with van der Waals surface area (Å²) in [4.78, 5) is 19.9. The number of aromatic nitrogens is 4. The van der Waals surface area contributed by atoms with Crippen LogP contribution in [0.1, 0.15) is 0 Å². The lowest BCUT2D eigenvalue weighted by Crippen LogP contribution is -2.01. The standard InChI is InChI=1S/C38H22N4O/c1-2-10-24-19-26(18-17-23(24)9-1)36-40-37(31-20-25-11-3-4-12-27(25)28-13-5-6-14-29(28)31)42-38(41-36)32-21-39-22-34-35(32)30-15-7-8-16-33(30)43-34/h1-22H. The third-order valence-corrected chi connectivity index (χ3v) is 8.18. The molecule has 3 aromatic heterocycles. The van der Waals surface area contributed by atoms with Crippen molar-refractivity contribution in [1.82, 2.24) is 19.9 Å². The molecule has 0 atom stereocenters. The minimum absolute atomic E-state index is 0.551. The van der Waals surface area contributed by atoms with Crippen LogP contribution in [0.3, 0.4) is 0 Å². The van der Waals surface area contributed by atoms with Crippen LogP contribution in [0.15, 0.2) is 138 Å². The van der Waals surface area contributed by atoms with Crippen molar-refractivity contribution in [3.63, 3.8) is 0 Å². The zero-order valence-corrected chi connectivity index (χ0v) is 22.9. The second-order valence-electron chi connectivity index (χ2n) is 10.7. The molecule has 9 aromatic rings. The molecular formula is C38H22N4O. The number of rotatable bonds is 3. The average molecular weight is 551 g/mol. The first kappa shape index (κ1) is 23.7. The van der Waals surface area contributed by atoms with Gasteiger partial charge in [-0.15, -0.1) is 0 Å². The van der Waals surface area contributed by atoms with Crippen LogP contribution >= 0.6 is 0 Å². The van der Waals surface area contributed by atoms with E-state index < -0.39 is 0 Å². The summed E-state index contributed by atoms with van der Waals surface area (Å²) in [6.07, 6.45) is 3.58. The fourth-order valence-electron chi connectivity index (χ4n) is 6.16. The topological polar surface area (TPSA) is 64.7 Å². The summed E-state index contributed by atoms with van der Waals surface area (Å²) in [5.74, 6) is 1.77. The monoisotopic (exact) mass is 550 g/mol. The van der Waals surface area contributed by atoms with Gasteiger partial charge in [0.2, 0.25) is 0 Å². The van der Waals surface area contributed by atoms with Crippen LogP contribution in [0.2, 0.25) is 0 Å². The summed E-state index contributed by atoms with van der Waals surface area (Å²) < 4.78 is 6.16. The summed E-state index contributed by atoms with van der Waals surface area (Å²) in [5, 5.41) is 8.82. The summed E-state index contributed by atoms with van der Waals surface area (Å²) in [6.45, 7) is 0. The highest BCUT2D eigenvalue weighted by Gasteiger charge is 2.19. The first-order chi connectivity index (χ1) is 21.3. The highest BCUT2D eigenvalue weighted by atomic mass is 16.3. The molecule has 0 saturated carbocycles. The Bertz CT molecular complexity index is 2530. The van der Waals surface area contributed by atoms with Crippen molar-refractivity contribution in [2.45, 2.75) is 0 Å². The second-order valence-corrected chi connectivity index (χ2v) is 10.7. The van der Waals surface area contributed by atoms with Crippen molar-refractivity contribution < 1.29 is 4.42 Å². The molecule has 6 aromatic carbocycles. The van der Waals surface area contributed by atoms with Gasteiger partial charge in [0.05, 0.1) is 6.20 Å². The largest absolute Gasteiger partial charge is 0.454 e. The van der Waals surface area contributed by atoms with Crippen molar-refractivity contribution in [3.8, 4) is 34.2 Å². The van der Waals surface area contributed by atoms with E-state index in [1.54, 1.807) is 6.20 Å². The SMILES string of the molecule is c1ccc2cc(-c3nc(-c4cc5ccccc5c5ccccc45)nc(-c4cncc5oc6ccccc6c45)n3)ccc2c1. The Morgan fingerprint density at radius 2 is 1.07 bits per heavy atom. The smallest absolute Gasteiger partial charge is 0.166 e. The van der Waals surface area contributed by atoms with Crippen molar-refractivity contribution in [3.05, 3.63) is 134 Å². The number of para-hydroxylation sites is 1. The van der Waals surface area contributed by atoms with Gasteiger partial charge in [-0.1, -0.05) is 103 Å². The van der Waals surface area contributed by atoms with Crippen LogP contribution in [-0.2, 0) is 0 Å². The van der Waals surface area contributed by atoms with E-state index in [4.69, 9.17) is 19.4 Å². The van der Waals surface area contributed by atoms with E-state index in [1.165, 1.54) is 10.8 Å². The molecular weight excluding hydrogens is 528 g/mol. The van der Waals surface area contributed by atoms with Gasteiger partial charge in [-0.05, 0) is 50.5 Å². The summed E-state index contributed by atoms with van der Waals surface area (Å²) >= 11 is 0. The lowest BCUT2D eigenvalue weighted by atomic mass is 9.97. The second kappa shape index (κ2) is 9.29. The fraction of sp³-hybridized carbons (Fsp3) is 0. The summed E-state index contributed by atoms with van der Waals surface area (Å²) in [6, 6.07) is 41.8. The fourth-order valence-corrected chi connectivity index (χ4v) is 6.16. The highest BCUT2D eigenvalue weighted by molar-refractivity contribution is 6.14. The molecule has 0 N–H and O–H groups in total. The van der Waals surface area contributed by atoms with Crippen LogP contribution in [0.25, 0.3) is 88.4 Å². The molecule has 0 aliphatic heterocycles. The van der Waals surface area contributed by atoms with Gasteiger partial charge in [0.25, 0.3) is 0 Å². The van der Waals surface area contributed by atoms with Crippen molar-refractivity contribution in [2.75, 3.05) is 0 Å². The van der Waals surface area contributed by atoms with E-state index in [1.807, 2.05) is 30.5 Å². The van der Waals surface area contributed by atoms with E-state index in [2.05, 4.69) is 102 Å². The van der Waals surface area contributed by atoms with Crippen LogP contribution in [0, 0.1) is 0 Å². The molecule has 9 rings (SSSR count). The van der Waals surface area contributed by atoms with Crippen molar-refractivity contribution in [2.24, 2.45) is 0 Å². The average Bonchev–Trinajstić information content (AvgIpc) is 3.46. The number of hydrogen-bond acceptors (Lipinski definition) is 5. The van der Waals surface area contributed by atoms with Crippen LogP contribution in [0.4, 0.5) is 0 Å². The molecule has 0 saturated heterocycles. The van der Waals surface area contributed by atoms with Crippen LogP contribution in [-0.4, -0.2) is 19.9 Å². The number of nitrogens with zero attached hydrogens (tertiary/aromatic N) is 4. The molecule has 0 aliphatic rings. The lowest BCUT2D eigenvalue weighted by molar-refractivity contribution is 0.667. The maximum atomic E-state index is 6.16. The molecule has 43 heavy (non-hydrogen) atoms. The molecule has 200 valence electrons. The number of furan rings is 1. The van der Waals surface area contributed by atoms with Crippen LogP contribution < -0.4 is 0 Å². The zero-order valence-electron chi connectivity index (χ0n) is 22.9. The number of fused-ring (bicyclic) bond motifs is 7. The Balaban J connectivity index is 1.37. The van der Waals surface area contributed by atoms with Gasteiger partial charge in [-0.3, -0.25) is 4.98 Å². The predicted octanol–water partition coefficient (Wildman–Crippen LogP) is 9.63. The molecule has 0 fully saturated rings. The lowest BCUT2D eigenvalue weighted by Gasteiger charge is -2.13. The third kappa shape index (κ3) is 3.79. The Kier molecular flexibility index (Phi) is 5.13. The number of hydrogen-bond donors (Lipinski definition) is 0. The first-order valence-electron chi connectivity index (χ1n) is 14.2. The highest BCUT2D eigenvalue weighted by Crippen LogP contribution is 2.38. The van der Waals surface area contributed by atoms with Gasteiger partial charge in [0.1, 0.15) is 5.58 Å². The van der Waals surface area contributed by atoms with Gasteiger partial charge in [-0.25, -0.2) is 15.0 Å². The molecule has 0 radical (unpaired) electrons. The maximum Gasteiger partial charge on any atom is 0.166 e. The summed E-state index contributed by atoms with van der Waals surface area (Å²) in [5.41, 5.74) is 4.18. The first-order valence-corrected chi connectivity index (χ1v) is 14.2. The summed E-state index contributed by atoms with van der Waals surface area (Å²) in [7, 11) is 0. The van der Waals surface area contributed by atoms with E-state index >= 15 is 0 Å². The van der Waals surface area contributed by atoms with Gasteiger partial charge in [0.15, 0.2) is 23.1 Å². The quantitative estimate of drug-likeness (QED) is 0.205. The Morgan fingerprint density at radius 1 is 0.419 bits per heavy atom. The van der Waals surface area contributed by atoms with E-state index in [0.29, 0.717) is 23.1 Å². The van der Waals surface area contributed by atoms with Crippen molar-refractivity contribution in [1.29, 1.82) is 0 Å². The van der Waals surface area contributed by atoms with Crippen molar-refractivity contribution >= 4 is 54.3 Å². The van der Waals surface area contributed by atoms with Gasteiger partial charge in [-0.2, -0.15) is 0 Å². The molecule has 5 heteroatoms. The maximum absolute atomic E-state index is 6.16. The van der Waals surface area contributed by atoms with Gasteiger partial charge < -0.3 is 4.42 Å². The molecule has 5 nitrogen and oxygen atoms in total. The van der Waals surface area contributed by atoms with E-state index in [9.17, 15) is 0 Å². The van der Waals surface area contributed by atoms with E-state index in [-0.39, 0.29) is 0 Å². The molecule has 0 spiro atoms. The zero-order chi connectivity index (χ0) is 28.3.